The molecule has 0 aliphatic carbocycles. The van der Waals surface area contributed by atoms with Gasteiger partial charge >= 0.3 is 0 Å². The molecule has 2 nitrogen and oxygen atoms in total. The zero-order chi connectivity index (χ0) is 14.0. The molecule has 0 aromatic heterocycles. The highest BCUT2D eigenvalue weighted by Crippen LogP contribution is 2.30. The fourth-order valence-electron chi connectivity index (χ4n) is 2.46. The van der Waals surface area contributed by atoms with E-state index >= 15 is 0 Å². The zero-order valence-electron chi connectivity index (χ0n) is 12.0. The Morgan fingerprint density at radius 1 is 1.32 bits per heavy atom. The highest BCUT2D eigenvalue weighted by Gasteiger charge is 2.21. The van der Waals surface area contributed by atoms with Gasteiger partial charge in [-0.1, -0.05) is 38.5 Å². The van der Waals surface area contributed by atoms with Gasteiger partial charge in [0.15, 0.2) is 0 Å². The molecule has 0 fully saturated rings. The summed E-state index contributed by atoms with van der Waals surface area (Å²) < 4.78 is 0.993. The van der Waals surface area contributed by atoms with Crippen molar-refractivity contribution in [3.8, 4) is 0 Å². The van der Waals surface area contributed by atoms with Crippen LogP contribution in [0.2, 0.25) is 0 Å². The van der Waals surface area contributed by atoms with E-state index < -0.39 is 0 Å². The number of nitrogen functional groups attached to an aromatic ring is 1. The molecule has 0 amide bonds. The van der Waals surface area contributed by atoms with Crippen molar-refractivity contribution < 1.29 is 0 Å². The highest BCUT2D eigenvalue weighted by atomic mass is 79.9. The molecule has 1 aliphatic rings. The largest absolute Gasteiger partial charge is 0.398 e. The van der Waals surface area contributed by atoms with Crippen LogP contribution in [0.3, 0.4) is 0 Å². The number of benzene rings is 1. The summed E-state index contributed by atoms with van der Waals surface area (Å²) >= 11 is 3.49. The van der Waals surface area contributed by atoms with Gasteiger partial charge in [-0.3, -0.25) is 4.90 Å². The Morgan fingerprint density at radius 3 is 2.58 bits per heavy atom. The van der Waals surface area contributed by atoms with Gasteiger partial charge in [-0.2, -0.15) is 0 Å². The van der Waals surface area contributed by atoms with Crippen LogP contribution in [0.1, 0.15) is 32.8 Å². The molecule has 19 heavy (non-hydrogen) atoms. The molecule has 0 spiro atoms. The van der Waals surface area contributed by atoms with E-state index in [1.54, 1.807) is 5.57 Å². The first-order valence-corrected chi connectivity index (χ1v) is 7.61. The van der Waals surface area contributed by atoms with Gasteiger partial charge in [-0.25, -0.2) is 0 Å². The van der Waals surface area contributed by atoms with Crippen molar-refractivity contribution in [2.24, 2.45) is 5.41 Å². The van der Waals surface area contributed by atoms with Crippen LogP contribution in [-0.2, 0) is 6.54 Å². The van der Waals surface area contributed by atoms with E-state index in [2.05, 4.69) is 59.8 Å². The molecule has 0 bridgehead atoms. The quantitative estimate of drug-likeness (QED) is 0.652. The number of anilines is 1. The van der Waals surface area contributed by atoms with E-state index in [0.29, 0.717) is 5.41 Å². The van der Waals surface area contributed by atoms with Crippen molar-refractivity contribution in [1.29, 1.82) is 0 Å². The molecule has 0 atom stereocenters. The van der Waals surface area contributed by atoms with Crippen LogP contribution in [-0.4, -0.2) is 18.0 Å². The van der Waals surface area contributed by atoms with Crippen molar-refractivity contribution in [3.63, 3.8) is 0 Å². The molecular weight excluding hydrogens is 300 g/mol. The minimum absolute atomic E-state index is 0.316. The Kier molecular flexibility index (Phi) is 4.36. The molecule has 3 heteroatoms. The number of hydrogen-bond donors (Lipinski definition) is 1. The summed E-state index contributed by atoms with van der Waals surface area (Å²) in [7, 11) is 0. The summed E-state index contributed by atoms with van der Waals surface area (Å²) in [5.74, 6) is 0. The van der Waals surface area contributed by atoms with Gasteiger partial charge in [0.25, 0.3) is 0 Å². The highest BCUT2D eigenvalue weighted by molar-refractivity contribution is 9.10. The molecule has 2 N–H and O–H groups in total. The van der Waals surface area contributed by atoms with Gasteiger partial charge in [-0.15, -0.1) is 0 Å². The average molecular weight is 323 g/mol. The summed E-state index contributed by atoms with van der Waals surface area (Å²) in [4.78, 5) is 2.48. The average Bonchev–Trinajstić information content (AvgIpc) is 2.33. The number of halogens is 1. The van der Waals surface area contributed by atoms with Crippen LogP contribution in [0.4, 0.5) is 5.69 Å². The summed E-state index contributed by atoms with van der Waals surface area (Å²) in [6, 6.07) is 6.21. The third kappa shape index (κ3) is 3.83. The van der Waals surface area contributed by atoms with Crippen molar-refractivity contribution in [2.75, 3.05) is 18.8 Å². The molecule has 1 aromatic rings. The first-order chi connectivity index (χ1) is 8.86. The summed E-state index contributed by atoms with van der Waals surface area (Å²) in [6.45, 7) is 10.1. The topological polar surface area (TPSA) is 29.3 Å². The number of rotatable bonds is 2. The van der Waals surface area contributed by atoms with E-state index in [1.165, 1.54) is 12.0 Å². The van der Waals surface area contributed by atoms with E-state index in [4.69, 9.17) is 5.73 Å². The molecule has 1 aromatic carbocycles. The summed E-state index contributed by atoms with van der Waals surface area (Å²) in [5.41, 5.74) is 9.84. The predicted molar refractivity (Wildman–Crippen MR) is 86.0 cm³/mol. The van der Waals surface area contributed by atoms with Crippen LogP contribution in [0, 0.1) is 5.41 Å². The van der Waals surface area contributed by atoms with E-state index in [0.717, 1.165) is 29.8 Å². The van der Waals surface area contributed by atoms with E-state index in [1.807, 2.05) is 6.07 Å². The van der Waals surface area contributed by atoms with Gasteiger partial charge in [0, 0.05) is 29.8 Å². The third-order valence-corrected chi connectivity index (χ3v) is 4.41. The Balaban J connectivity index is 1.99. The molecule has 0 unspecified atom stereocenters. The predicted octanol–water partition coefficient (Wildman–Crippen LogP) is 4.21. The molecule has 0 saturated carbocycles. The standard InChI is InChI=1S/C16H23BrN2/c1-16(2,3)13-6-8-19(9-7-13)11-12-4-5-15(18)14(17)10-12/h4-6,10H,7-9,11,18H2,1-3H3. The fourth-order valence-corrected chi connectivity index (χ4v) is 2.89. The first kappa shape index (κ1) is 14.6. The molecular formula is C16H23BrN2. The molecule has 1 aliphatic heterocycles. The van der Waals surface area contributed by atoms with Crippen LogP contribution >= 0.6 is 15.9 Å². The Bertz CT molecular complexity index is 486. The Morgan fingerprint density at radius 2 is 2.05 bits per heavy atom. The molecule has 104 valence electrons. The van der Waals surface area contributed by atoms with Crippen molar-refractivity contribution in [1.82, 2.24) is 4.90 Å². The van der Waals surface area contributed by atoms with Crippen molar-refractivity contribution in [2.45, 2.75) is 33.7 Å². The second-order valence-corrected chi connectivity index (χ2v) is 7.17. The smallest absolute Gasteiger partial charge is 0.0458 e. The maximum absolute atomic E-state index is 5.82. The van der Waals surface area contributed by atoms with Gasteiger partial charge < -0.3 is 5.73 Å². The summed E-state index contributed by atoms with van der Waals surface area (Å²) in [5, 5.41) is 0. The summed E-state index contributed by atoms with van der Waals surface area (Å²) in [6.07, 6.45) is 3.58. The van der Waals surface area contributed by atoms with Crippen LogP contribution in [0.15, 0.2) is 34.3 Å². The lowest BCUT2D eigenvalue weighted by molar-refractivity contribution is 0.271. The number of nitrogens with zero attached hydrogens (tertiary/aromatic N) is 1. The number of nitrogens with two attached hydrogens (primary N) is 1. The molecule has 0 saturated heterocycles. The van der Waals surface area contributed by atoms with Gasteiger partial charge in [0.2, 0.25) is 0 Å². The lowest BCUT2D eigenvalue weighted by atomic mass is 9.83. The van der Waals surface area contributed by atoms with E-state index in [9.17, 15) is 0 Å². The van der Waals surface area contributed by atoms with Crippen molar-refractivity contribution in [3.05, 3.63) is 39.9 Å². The number of hydrogen-bond acceptors (Lipinski definition) is 2. The Labute approximate surface area is 124 Å². The van der Waals surface area contributed by atoms with Crippen LogP contribution in [0.5, 0.6) is 0 Å². The maximum Gasteiger partial charge on any atom is 0.0458 e. The minimum Gasteiger partial charge on any atom is -0.398 e. The van der Waals surface area contributed by atoms with Crippen LogP contribution < -0.4 is 5.73 Å². The lowest BCUT2D eigenvalue weighted by Gasteiger charge is -2.32. The van der Waals surface area contributed by atoms with Gasteiger partial charge in [0.1, 0.15) is 0 Å². The van der Waals surface area contributed by atoms with Gasteiger partial charge in [0.05, 0.1) is 0 Å². The zero-order valence-corrected chi connectivity index (χ0v) is 13.6. The lowest BCUT2D eigenvalue weighted by Crippen LogP contribution is -2.30. The second kappa shape index (κ2) is 5.68. The Hall–Kier alpha value is -0.800. The SMILES string of the molecule is CC(C)(C)C1=CCN(Cc2ccc(N)c(Br)c2)CC1. The molecule has 2 rings (SSSR count). The van der Waals surface area contributed by atoms with Crippen molar-refractivity contribution >= 4 is 21.6 Å². The normalized spacial score (nSPS) is 17.4. The third-order valence-electron chi connectivity index (χ3n) is 3.73. The molecule has 1 heterocycles. The molecule has 0 radical (unpaired) electrons. The monoisotopic (exact) mass is 322 g/mol. The fraction of sp³-hybridized carbons (Fsp3) is 0.500. The van der Waals surface area contributed by atoms with Crippen LogP contribution in [0.25, 0.3) is 0 Å². The maximum atomic E-state index is 5.82. The minimum atomic E-state index is 0.316. The second-order valence-electron chi connectivity index (χ2n) is 6.32. The first-order valence-electron chi connectivity index (χ1n) is 6.82. The van der Waals surface area contributed by atoms with E-state index in [-0.39, 0.29) is 0 Å². The van der Waals surface area contributed by atoms with Gasteiger partial charge in [-0.05, 0) is 45.5 Å².